The Labute approximate surface area is 45.5 Å². The fraction of sp³-hybridized carbons (Fsp3) is 0.429. The molecule has 0 aromatic rings. The van der Waals surface area contributed by atoms with Crippen molar-refractivity contribution in [1.82, 2.24) is 0 Å². The number of hydrogen-bond donors (Lipinski definition) is 0. The lowest BCUT2D eigenvalue weighted by atomic mass is 10.3. The molecule has 7 heavy (non-hydrogen) atoms. The Morgan fingerprint density at radius 1 is 1.29 bits per heavy atom. The van der Waals surface area contributed by atoms with Gasteiger partial charge in [0.15, 0.2) is 0 Å². The topological polar surface area (TPSA) is 0 Å². The third-order valence-electron chi connectivity index (χ3n) is 0.885. The van der Waals surface area contributed by atoms with E-state index in [0.29, 0.717) is 0 Å². The molecule has 40 valence electrons. The van der Waals surface area contributed by atoms with Crippen molar-refractivity contribution in [3.05, 3.63) is 23.8 Å². The molecular formula is C7H12. The second kappa shape index (κ2) is 3.66. The minimum Gasteiger partial charge on any atom is -0.0874 e. The molecule has 0 amide bonds. The minimum absolute atomic E-state index is 1.32. The normalized spacial score (nSPS) is 13.3. The molecule has 0 spiro atoms. The van der Waals surface area contributed by atoms with E-state index >= 15 is 0 Å². The van der Waals surface area contributed by atoms with E-state index in [1.165, 1.54) is 5.57 Å². The van der Waals surface area contributed by atoms with Gasteiger partial charge in [0.1, 0.15) is 0 Å². The van der Waals surface area contributed by atoms with Crippen LogP contribution < -0.4 is 0 Å². The molecule has 0 heterocycles. The van der Waals surface area contributed by atoms with Crippen LogP contribution in [0.15, 0.2) is 23.8 Å². The molecule has 0 aromatic heterocycles. The van der Waals surface area contributed by atoms with Crippen molar-refractivity contribution in [2.24, 2.45) is 0 Å². The summed E-state index contributed by atoms with van der Waals surface area (Å²) in [5.74, 6) is 0. The summed E-state index contributed by atoms with van der Waals surface area (Å²) in [7, 11) is 0. The van der Waals surface area contributed by atoms with Gasteiger partial charge < -0.3 is 0 Å². The Bertz CT molecular complexity index is 86.2. The maximum atomic E-state index is 2.08. The van der Waals surface area contributed by atoms with Crippen LogP contribution in [0.2, 0.25) is 0 Å². The minimum atomic E-state index is 1.32. The van der Waals surface area contributed by atoms with Crippen LogP contribution in [-0.2, 0) is 0 Å². The highest BCUT2D eigenvalue weighted by Crippen LogP contribution is 1.91. The summed E-state index contributed by atoms with van der Waals surface area (Å²) in [6.45, 7) is 6.14. The van der Waals surface area contributed by atoms with Crippen molar-refractivity contribution in [1.29, 1.82) is 0 Å². The fourth-order valence-electron chi connectivity index (χ4n) is 0.359. The molecule has 0 aliphatic rings. The second-order valence-electron chi connectivity index (χ2n) is 1.53. The number of allylic oxidation sites excluding steroid dienone is 4. The summed E-state index contributed by atoms with van der Waals surface area (Å²) in [5.41, 5.74) is 1.32. The second-order valence-corrected chi connectivity index (χ2v) is 1.53. The largest absolute Gasteiger partial charge is 0.0874 e. The van der Waals surface area contributed by atoms with Crippen LogP contribution >= 0.6 is 0 Å². The molecule has 0 saturated carbocycles. The zero-order valence-electron chi connectivity index (χ0n) is 5.23. The number of rotatable bonds is 1. The van der Waals surface area contributed by atoms with E-state index in [1.807, 2.05) is 19.9 Å². The summed E-state index contributed by atoms with van der Waals surface area (Å²) < 4.78 is 0. The third-order valence-corrected chi connectivity index (χ3v) is 0.885. The first-order valence-corrected chi connectivity index (χ1v) is 2.57. The molecule has 0 N–H and O–H groups in total. The Kier molecular flexibility index (Phi) is 3.39. The Morgan fingerprint density at radius 2 is 1.86 bits per heavy atom. The van der Waals surface area contributed by atoms with Gasteiger partial charge in [-0.3, -0.25) is 0 Å². The van der Waals surface area contributed by atoms with E-state index < -0.39 is 0 Å². The van der Waals surface area contributed by atoms with Crippen molar-refractivity contribution >= 4 is 0 Å². The summed E-state index contributed by atoms with van der Waals surface area (Å²) in [4.78, 5) is 0. The first-order chi connectivity index (χ1) is 3.31. The van der Waals surface area contributed by atoms with Gasteiger partial charge in [-0.2, -0.15) is 0 Å². The average Bonchev–Trinajstić information content (AvgIpc) is 1.68. The van der Waals surface area contributed by atoms with Crippen LogP contribution in [0, 0.1) is 0 Å². The van der Waals surface area contributed by atoms with Crippen molar-refractivity contribution < 1.29 is 0 Å². The molecule has 0 atom stereocenters. The molecule has 0 bridgehead atoms. The van der Waals surface area contributed by atoms with Gasteiger partial charge in [-0.15, -0.1) is 0 Å². The maximum absolute atomic E-state index is 2.08. The van der Waals surface area contributed by atoms with Crippen LogP contribution in [0.3, 0.4) is 0 Å². The molecule has 0 aliphatic heterocycles. The monoisotopic (exact) mass is 96.1 g/mol. The van der Waals surface area contributed by atoms with Crippen molar-refractivity contribution in [2.45, 2.75) is 20.8 Å². The Morgan fingerprint density at radius 3 is 2.00 bits per heavy atom. The zero-order valence-corrected chi connectivity index (χ0v) is 5.23. The molecule has 0 rings (SSSR count). The molecule has 0 radical (unpaired) electrons. The van der Waals surface area contributed by atoms with Crippen molar-refractivity contribution in [2.75, 3.05) is 0 Å². The van der Waals surface area contributed by atoms with Gasteiger partial charge in [0, 0.05) is 0 Å². The Hall–Kier alpha value is -0.520. The van der Waals surface area contributed by atoms with Crippen LogP contribution in [0.25, 0.3) is 0 Å². The Balaban J connectivity index is 3.58. The predicted octanol–water partition coefficient (Wildman–Crippen LogP) is 2.53. The predicted molar refractivity (Wildman–Crippen MR) is 34.2 cm³/mol. The van der Waals surface area contributed by atoms with E-state index in [9.17, 15) is 0 Å². The van der Waals surface area contributed by atoms with Crippen LogP contribution in [0.1, 0.15) is 20.8 Å². The van der Waals surface area contributed by atoms with Crippen LogP contribution in [0.4, 0.5) is 0 Å². The molecule has 0 saturated heterocycles. The van der Waals surface area contributed by atoms with E-state index in [0.717, 1.165) is 0 Å². The van der Waals surface area contributed by atoms with Crippen LogP contribution in [0.5, 0.6) is 0 Å². The highest BCUT2D eigenvalue weighted by Gasteiger charge is 1.69. The van der Waals surface area contributed by atoms with Gasteiger partial charge in [-0.05, 0) is 20.8 Å². The van der Waals surface area contributed by atoms with Gasteiger partial charge in [0.25, 0.3) is 0 Å². The smallest absolute Gasteiger partial charge is 0.0401 e. The van der Waals surface area contributed by atoms with Gasteiger partial charge in [0.2, 0.25) is 0 Å². The molecular weight excluding hydrogens is 84.1 g/mol. The van der Waals surface area contributed by atoms with Gasteiger partial charge in [-0.25, -0.2) is 0 Å². The van der Waals surface area contributed by atoms with Crippen molar-refractivity contribution in [3.63, 3.8) is 0 Å². The highest BCUT2D eigenvalue weighted by molar-refractivity contribution is 5.13. The van der Waals surface area contributed by atoms with E-state index in [2.05, 4.69) is 19.1 Å². The molecule has 0 aliphatic carbocycles. The SMILES string of the molecule is C/C=C\C(C)=C\C. The zero-order chi connectivity index (χ0) is 5.70. The number of hydrogen-bond acceptors (Lipinski definition) is 0. The first-order valence-electron chi connectivity index (χ1n) is 2.57. The lowest BCUT2D eigenvalue weighted by Crippen LogP contribution is -1.60. The molecule has 0 nitrogen and oxygen atoms in total. The quantitative estimate of drug-likeness (QED) is 0.440. The lowest BCUT2D eigenvalue weighted by molar-refractivity contribution is 1.46. The summed E-state index contributed by atoms with van der Waals surface area (Å²) >= 11 is 0. The first kappa shape index (κ1) is 6.48. The molecule has 0 fully saturated rings. The van der Waals surface area contributed by atoms with Crippen molar-refractivity contribution in [3.8, 4) is 0 Å². The van der Waals surface area contributed by atoms with Gasteiger partial charge in [-0.1, -0.05) is 23.8 Å². The highest BCUT2D eigenvalue weighted by atomic mass is 13.8. The van der Waals surface area contributed by atoms with E-state index in [-0.39, 0.29) is 0 Å². The van der Waals surface area contributed by atoms with E-state index in [4.69, 9.17) is 0 Å². The lowest BCUT2D eigenvalue weighted by Gasteiger charge is -1.81. The summed E-state index contributed by atoms with van der Waals surface area (Å²) in [6.07, 6.45) is 6.20. The fourth-order valence-corrected chi connectivity index (χ4v) is 0.359. The average molecular weight is 96.2 g/mol. The third kappa shape index (κ3) is 3.31. The standard InChI is InChI=1S/C7H12/c1-4-6-7(3)5-2/h4-6H,1-3H3/b6-4-,7-5+. The van der Waals surface area contributed by atoms with Crippen LogP contribution in [-0.4, -0.2) is 0 Å². The summed E-state index contributed by atoms with van der Waals surface area (Å²) in [6, 6.07) is 0. The summed E-state index contributed by atoms with van der Waals surface area (Å²) in [5, 5.41) is 0. The van der Waals surface area contributed by atoms with Gasteiger partial charge in [0.05, 0.1) is 0 Å². The van der Waals surface area contributed by atoms with E-state index in [1.54, 1.807) is 0 Å². The van der Waals surface area contributed by atoms with Gasteiger partial charge >= 0.3 is 0 Å². The molecule has 0 aromatic carbocycles. The maximum Gasteiger partial charge on any atom is -0.0401 e. The molecule has 0 heteroatoms. The molecule has 0 unspecified atom stereocenters.